The molecule has 1 heterocycles. The van der Waals surface area contributed by atoms with Crippen LogP contribution in [0.5, 0.6) is 5.75 Å². The van der Waals surface area contributed by atoms with Crippen LogP contribution in [0.2, 0.25) is 0 Å². The van der Waals surface area contributed by atoms with Crippen molar-refractivity contribution < 1.29 is 13.5 Å². The summed E-state index contributed by atoms with van der Waals surface area (Å²) in [7, 11) is 1.52. The molecule has 20 heavy (non-hydrogen) atoms. The number of pyridine rings is 1. The summed E-state index contributed by atoms with van der Waals surface area (Å²) in [5.74, 6) is 0.550. The minimum absolute atomic E-state index is 0.0292. The Balaban J connectivity index is 2.28. The maximum Gasteiger partial charge on any atom is 0.284 e. The van der Waals surface area contributed by atoms with Crippen molar-refractivity contribution in [3.05, 3.63) is 53.3 Å². The number of alkyl halides is 2. The van der Waals surface area contributed by atoms with E-state index in [1.165, 1.54) is 21.4 Å². The lowest BCUT2D eigenvalue weighted by atomic mass is 10.1. The molecule has 0 spiro atoms. The van der Waals surface area contributed by atoms with Crippen LogP contribution in [0.15, 0.2) is 36.5 Å². The molecule has 0 fully saturated rings. The number of aryl methyl sites for hydroxylation is 1. The third-order valence-corrected chi connectivity index (χ3v) is 3.21. The number of hydrogen-bond donors (Lipinski definition) is 1. The normalized spacial score (nSPS) is 11.4. The van der Waals surface area contributed by atoms with Gasteiger partial charge in [-0.15, -0.1) is 0 Å². The average Bonchev–Trinajstić information content (AvgIpc) is 2.37. The van der Waals surface area contributed by atoms with Gasteiger partial charge in [0.2, 0.25) is 0 Å². The molecule has 3 nitrogen and oxygen atoms in total. The van der Waals surface area contributed by atoms with E-state index in [2.05, 4.69) is 4.98 Å². The van der Waals surface area contributed by atoms with Crippen LogP contribution >= 0.6 is 9.24 Å². The first-order valence-electron chi connectivity index (χ1n) is 5.98. The maximum absolute atomic E-state index is 13.5. The van der Waals surface area contributed by atoms with Gasteiger partial charge in [0.05, 0.1) is 5.69 Å². The molecule has 0 saturated heterocycles. The second-order valence-corrected chi connectivity index (χ2v) is 5.10. The van der Waals surface area contributed by atoms with Gasteiger partial charge in [-0.3, -0.25) is 4.98 Å². The molecule has 2 rings (SSSR count). The first kappa shape index (κ1) is 14.7. The van der Waals surface area contributed by atoms with Crippen molar-refractivity contribution in [1.82, 2.24) is 4.98 Å². The predicted octanol–water partition coefficient (Wildman–Crippen LogP) is 3.48. The Morgan fingerprint density at radius 3 is 2.70 bits per heavy atom. The van der Waals surface area contributed by atoms with Gasteiger partial charge in [0.25, 0.3) is 5.66 Å². The highest BCUT2D eigenvalue weighted by Gasteiger charge is 2.28. The van der Waals surface area contributed by atoms with Crippen LogP contribution in [0.4, 0.5) is 14.5 Å². The highest BCUT2D eigenvalue weighted by atomic mass is 31.0. The molecule has 0 aliphatic rings. The van der Waals surface area contributed by atoms with Crippen molar-refractivity contribution in [2.45, 2.75) is 19.2 Å². The van der Waals surface area contributed by atoms with Gasteiger partial charge in [-0.2, -0.15) is 8.78 Å². The molecule has 1 unspecified atom stereocenters. The summed E-state index contributed by atoms with van der Waals surface area (Å²) in [4.78, 5) is 4.08. The molecule has 0 radical (unpaired) electrons. The molecule has 0 amide bonds. The van der Waals surface area contributed by atoms with E-state index < -0.39 is 5.66 Å². The summed E-state index contributed by atoms with van der Waals surface area (Å²) in [6.45, 7) is 1.76. The standard InChI is InChI=1S/C14H15F2N2OP/c1-9-13(6-3-7-18-9)19-8-10-11(14(15,16)20)4-2-5-12(10)17/h2-7H,8,17,20H2,1H3. The summed E-state index contributed by atoms with van der Waals surface area (Å²) in [5, 5.41) is 0. The Kier molecular flexibility index (Phi) is 4.19. The third kappa shape index (κ3) is 3.23. The number of ether oxygens (including phenoxy) is 1. The Morgan fingerprint density at radius 1 is 1.30 bits per heavy atom. The van der Waals surface area contributed by atoms with Gasteiger partial charge < -0.3 is 10.5 Å². The summed E-state index contributed by atoms with van der Waals surface area (Å²) in [6.07, 6.45) is 1.64. The highest BCUT2D eigenvalue weighted by Crippen LogP contribution is 2.38. The first-order valence-corrected chi connectivity index (χ1v) is 6.56. The molecule has 1 aromatic heterocycles. The zero-order valence-corrected chi connectivity index (χ0v) is 12.1. The third-order valence-electron chi connectivity index (χ3n) is 2.90. The van der Waals surface area contributed by atoms with E-state index in [0.29, 0.717) is 11.4 Å². The van der Waals surface area contributed by atoms with Crippen LogP contribution in [0, 0.1) is 6.92 Å². The second kappa shape index (κ2) is 5.71. The average molecular weight is 296 g/mol. The van der Waals surface area contributed by atoms with Crippen molar-refractivity contribution in [2.75, 3.05) is 5.73 Å². The lowest BCUT2D eigenvalue weighted by molar-refractivity contribution is 0.101. The summed E-state index contributed by atoms with van der Waals surface area (Å²) in [5.41, 5.74) is 3.86. The molecule has 0 aliphatic carbocycles. The number of nitrogens with two attached hydrogens (primary N) is 1. The number of nitrogens with zero attached hydrogens (tertiary/aromatic N) is 1. The van der Waals surface area contributed by atoms with E-state index in [-0.39, 0.29) is 23.4 Å². The van der Waals surface area contributed by atoms with Gasteiger partial charge in [0, 0.05) is 23.0 Å². The van der Waals surface area contributed by atoms with E-state index in [4.69, 9.17) is 10.5 Å². The lowest BCUT2D eigenvalue weighted by Crippen LogP contribution is -2.12. The first-order chi connectivity index (χ1) is 9.39. The van der Waals surface area contributed by atoms with Crippen molar-refractivity contribution in [1.29, 1.82) is 0 Å². The molecule has 2 aromatic rings. The minimum atomic E-state index is -3.04. The molecule has 0 bridgehead atoms. The maximum atomic E-state index is 13.5. The summed E-state index contributed by atoms with van der Waals surface area (Å²) < 4.78 is 32.6. The summed E-state index contributed by atoms with van der Waals surface area (Å²) >= 11 is 0. The molecule has 106 valence electrons. The molecular formula is C14H15F2N2OP. The molecular weight excluding hydrogens is 281 g/mol. The Labute approximate surface area is 118 Å². The summed E-state index contributed by atoms with van der Waals surface area (Å²) in [6, 6.07) is 7.89. The predicted molar refractivity (Wildman–Crippen MR) is 77.8 cm³/mol. The molecule has 0 aliphatic heterocycles. The zero-order chi connectivity index (χ0) is 14.8. The van der Waals surface area contributed by atoms with Crippen LogP contribution < -0.4 is 10.5 Å². The smallest absolute Gasteiger partial charge is 0.284 e. The van der Waals surface area contributed by atoms with Crippen LogP contribution in [0.25, 0.3) is 0 Å². The van der Waals surface area contributed by atoms with Gasteiger partial charge in [-0.1, -0.05) is 21.4 Å². The fourth-order valence-electron chi connectivity index (χ4n) is 1.85. The van der Waals surface area contributed by atoms with Gasteiger partial charge in [0.1, 0.15) is 12.4 Å². The van der Waals surface area contributed by atoms with Gasteiger partial charge in [-0.25, -0.2) is 0 Å². The van der Waals surface area contributed by atoms with Crippen LogP contribution in [-0.4, -0.2) is 4.98 Å². The van der Waals surface area contributed by atoms with Gasteiger partial charge in [0.15, 0.2) is 0 Å². The number of nitrogen functional groups attached to an aromatic ring is 1. The lowest BCUT2D eigenvalue weighted by Gasteiger charge is -2.18. The SMILES string of the molecule is Cc1ncccc1OCc1c(N)cccc1C(F)(F)P. The highest BCUT2D eigenvalue weighted by molar-refractivity contribution is 7.17. The Bertz CT molecular complexity index is 614. The van der Waals surface area contributed by atoms with Crippen molar-refractivity contribution in [3.8, 4) is 5.75 Å². The van der Waals surface area contributed by atoms with E-state index in [1.54, 1.807) is 31.3 Å². The number of anilines is 1. The van der Waals surface area contributed by atoms with Gasteiger partial charge in [-0.05, 0) is 25.1 Å². The number of aromatic nitrogens is 1. The van der Waals surface area contributed by atoms with E-state index >= 15 is 0 Å². The monoisotopic (exact) mass is 296 g/mol. The Morgan fingerprint density at radius 2 is 2.05 bits per heavy atom. The second-order valence-electron chi connectivity index (χ2n) is 4.37. The van der Waals surface area contributed by atoms with Crippen LogP contribution in [0.3, 0.4) is 0 Å². The fraction of sp³-hybridized carbons (Fsp3) is 0.214. The zero-order valence-electron chi connectivity index (χ0n) is 10.9. The number of benzene rings is 1. The molecule has 1 aromatic carbocycles. The molecule has 0 saturated carbocycles. The minimum Gasteiger partial charge on any atom is -0.487 e. The van der Waals surface area contributed by atoms with Gasteiger partial charge >= 0.3 is 0 Å². The van der Waals surface area contributed by atoms with E-state index in [1.807, 2.05) is 0 Å². The van der Waals surface area contributed by atoms with Crippen molar-refractivity contribution in [2.24, 2.45) is 0 Å². The van der Waals surface area contributed by atoms with E-state index in [9.17, 15) is 8.78 Å². The number of halogens is 2. The van der Waals surface area contributed by atoms with Crippen LogP contribution in [0.1, 0.15) is 16.8 Å². The fourth-order valence-corrected chi connectivity index (χ4v) is 2.12. The number of hydrogen-bond acceptors (Lipinski definition) is 3. The van der Waals surface area contributed by atoms with Crippen molar-refractivity contribution >= 4 is 14.9 Å². The molecule has 6 heteroatoms. The molecule has 1 atom stereocenters. The largest absolute Gasteiger partial charge is 0.487 e. The molecule has 2 N–H and O–H groups in total. The quantitative estimate of drug-likeness (QED) is 0.694. The number of rotatable bonds is 4. The van der Waals surface area contributed by atoms with Crippen LogP contribution in [-0.2, 0) is 12.3 Å². The van der Waals surface area contributed by atoms with E-state index in [0.717, 1.165) is 0 Å². The topological polar surface area (TPSA) is 48.1 Å². The Hall–Kier alpha value is -1.74. The van der Waals surface area contributed by atoms with Crippen molar-refractivity contribution in [3.63, 3.8) is 0 Å².